The van der Waals surface area contributed by atoms with Crippen molar-refractivity contribution in [3.8, 4) is 23.3 Å². The third-order valence-electron chi connectivity index (χ3n) is 6.43. The lowest BCUT2D eigenvalue weighted by Gasteiger charge is -2.14. The van der Waals surface area contributed by atoms with E-state index in [0.29, 0.717) is 11.3 Å². The van der Waals surface area contributed by atoms with Crippen molar-refractivity contribution in [2.24, 2.45) is 17.3 Å². The van der Waals surface area contributed by atoms with E-state index in [1.54, 1.807) is 36.4 Å². The highest BCUT2D eigenvalue weighted by Crippen LogP contribution is 2.60. The molecule has 1 fully saturated rings. The van der Waals surface area contributed by atoms with Crippen LogP contribution in [0.1, 0.15) is 31.1 Å². The normalized spacial score (nSPS) is 19.0. The van der Waals surface area contributed by atoms with E-state index in [-0.39, 0.29) is 28.0 Å². The predicted octanol–water partition coefficient (Wildman–Crippen LogP) is 8.18. The quantitative estimate of drug-likeness (QED) is 0.206. The van der Waals surface area contributed by atoms with Gasteiger partial charge in [0, 0.05) is 10.6 Å². The molecule has 0 N–H and O–H groups in total. The lowest BCUT2D eigenvalue weighted by atomic mass is 10.1. The molecule has 0 aliphatic heterocycles. The molecule has 0 spiro atoms. The first kappa shape index (κ1) is 28.0. The Labute approximate surface area is 227 Å². The molecule has 0 bridgehead atoms. The summed E-state index contributed by atoms with van der Waals surface area (Å²) in [6.45, 7) is 3.66. The minimum Gasteiger partial charge on any atom is -0.454 e. The van der Waals surface area contributed by atoms with E-state index in [1.165, 1.54) is 24.3 Å². The minimum absolute atomic E-state index is 0.124. The summed E-state index contributed by atoms with van der Waals surface area (Å²) in [5, 5.41) is 9.92. The Hall–Kier alpha value is -4.03. The summed E-state index contributed by atoms with van der Waals surface area (Å²) >= 11 is 6.40. The molecule has 3 atom stereocenters. The van der Waals surface area contributed by atoms with E-state index < -0.39 is 35.6 Å². The standard InChI is InChI=1S/C29H22ClF4NO4/c1-28(2)21(15-22(30)17-8-11-20(12-9-17)39-29(32,33)34)26(28)27(36)38-25(16-35)18-10-13-23(31)24(14-18)37-19-6-4-3-5-7-19/h3-15,21,25-26H,1-2H3. The largest absolute Gasteiger partial charge is 0.573 e. The van der Waals surface area contributed by atoms with Crippen LogP contribution in [0.15, 0.2) is 78.9 Å². The molecule has 202 valence electrons. The maximum absolute atomic E-state index is 14.3. The van der Waals surface area contributed by atoms with Gasteiger partial charge in [-0.15, -0.1) is 13.2 Å². The van der Waals surface area contributed by atoms with Crippen molar-refractivity contribution in [1.29, 1.82) is 5.26 Å². The summed E-state index contributed by atoms with van der Waals surface area (Å²) in [7, 11) is 0. The Morgan fingerprint density at radius 2 is 1.72 bits per heavy atom. The number of ether oxygens (including phenoxy) is 3. The van der Waals surface area contributed by atoms with Crippen molar-refractivity contribution >= 4 is 22.6 Å². The molecular formula is C29H22ClF4NO4. The van der Waals surface area contributed by atoms with Crippen molar-refractivity contribution in [2.45, 2.75) is 26.3 Å². The Kier molecular flexibility index (Phi) is 7.89. The number of carbonyl (C=O) groups excluding carboxylic acids is 1. The molecule has 10 heteroatoms. The van der Waals surface area contributed by atoms with Crippen LogP contribution < -0.4 is 9.47 Å². The van der Waals surface area contributed by atoms with Gasteiger partial charge in [-0.05, 0) is 65.4 Å². The van der Waals surface area contributed by atoms with Crippen LogP contribution in [0.2, 0.25) is 0 Å². The number of benzene rings is 3. The molecule has 1 aliphatic rings. The van der Waals surface area contributed by atoms with Crippen LogP contribution in [0, 0.1) is 34.4 Å². The first-order valence-corrected chi connectivity index (χ1v) is 12.1. The number of alkyl halides is 3. The van der Waals surface area contributed by atoms with Crippen molar-refractivity contribution < 1.29 is 36.6 Å². The third kappa shape index (κ3) is 6.70. The molecule has 1 aliphatic carbocycles. The first-order valence-electron chi connectivity index (χ1n) is 11.7. The van der Waals surface area contributed by atoms with Gasteiger partial charge in [-0.25, -0.2) is 4.39 Å². The molecule has 4 rings (SSSR count). The maximum Gasteiger partial charge on any atom is 0.573 e. The second-order valence-electron chi connectivity index (χ2n) is 9.46. The SMILES string of the molecule is CC1(C)C(C=C(Cl)c2ccc(OC(F)(F)F)cc2)C1C(=O)OC(C#N)c1ccc(F)c(Oc2ccccc2)c1. The van der Waals surface area contributed by atoms with Crippen LogP contribution in [0.25, 0.3) is 5.03 Å². The number of hydrogen-bond donors (Lipinski definition) is 0. The van der Waals surface area contributed by atoms with Crippen molar-refractivity contribution in [3.63, 3.8) is 0 Å². The number of nitriles is 1. The highest BCUT2D eigenvalue weighted by molar-refractivity contribution is 6.48. The maximum atomic E-state index is 14.3. The fourth-order valence-corrected chi connectivity index (χ4v) is 4.51. The van der Waals surface area contributed by atoms with E-state index in [9.17, 15) is 27.6 Å². The van der Waals surface area contributed by atoms with Crippen LogP contribution in [-0.4, -0.2) is 12.3 Å². The zero-order chi connectivity index (χ0) is 28.4. The average Bonchev–Trinajstić information content (AvgIpc) is 3.43. The molecule has 0 radical (unpaired) electrons. The number of allylic oxidation sites excluding steroid dienone is 1. The van der Waals surface area contributed by atoms with Gasteiger partial charge in [0.2, 0.25) is 6.10 Å². The monoisotopic (exact) mass is 559 g/mol. The van der Waals surface area contributed by atoms with Crippen molar-refractivity contribution in [1.82, 2.24) is 0 Å². The molecule has 5 nitrogen and oxygen atoms in total. The second-order valence-corrected chi connectivity index (χ2v) is 9.87. The number of hydrogen-bond acceptors (Lipinski definition) is 5. The molecule has 0 saturated heterocycles. The van der Waals surface area contributed by atoms with Gasteiger partial charge in [-0.1, -0.05) is 55.8 Å². The summed E-state index contributed by atoms with van der Waals surface area (Å²) in [4.78, 5) is 13.0. The summed E-state index contributed by atoms with van der Waals surface area (Å²) in [6.07, 6.45) is -4.48. The zero-order valence-corrected chi connectivity index (χ0v) is 21.5. The first-order chi connectivity index (χ1) is 18.4. The third-order valence-corrected chi connectivity index (χ3v) is 6.78. The average molecular weight is 560 g/mol. The highest BCUT2D eigenvalue weighted by atomic mass is 35.5. The van der Waals surface area contributed by atoms with Gasteiger partial charge >= 0.3 is 12.3 Å². The van der Waals surface area contributed by atoms with Gasteiger partial charge in [0.05, 0.1) is 5.92 Å². The van der Waals surface area contributed by atoms with Gasteiger partial charge in [-0.2, -0.15) is 5.26 Å². The second kappa shape index (κ2) is 11.0. The molecule has 0 aromatic heterocycles. The molecular weight excluding hydrogens is 538 g/mol. The summed E-state index contributed by atoms with van der Waals surface area (Å²) in [5.74, 6) is -2.38. The molecule has 3 aromatic rings. The van der Waals surface area contributed by atoms with Crippen LogP contribution in [0.5, 0.6) is 17.2 Å². The highest BCUT2D eigenvalue weighted by Gasteiger charge is 2.62. The van der Waals surface area contributed by atoms with Gasteiger partial charge in [-0.3, -0.25) is 4.79 Å². The summed E-state index contributed by atoms with van der Waals surface area (Å²) < 4.78 is 66.4. The molecule has 0 heterocycles. The molecule has 39 heavy (non-hydrogen) atoms. The Bertz CT molecular complexity index is 1420. The number of halogens is 5. The van der Waals surface area contributed by atoms with Gasteiger partial charge in [0.15, 0.2) is 11.6 Å². The van der Waals surface area contributed by atoms with Gasteiger partial charge in [0.25, 0.3) is 0 Å². The van der Waals surface area contributed by atoms with E-state index in [2.05, 4.69) is 4.74 Å². The Morgan fingerprint density at radius 3 is 2.33 bits per heavy atom. The predicted molar refractivity (Wildman–Crippen MR) is 135 cm³/mol. The van der Waals surface area contributed by atoms with Crippen LogP contribution >= 0.6 is 11.6 Å². The molecule has 3 unspecified atom stereocenters. The van der Waals surface area contributed by atoms with E-state index in [1.807, 2.05) is 19.9 Å². The fourth-order valence-electron chi connectivity index (χ4n) is 4.24. The Morgan fingerprint density at radius 1 is 1.05 bits per heavy atom. The van der Waals surface area contributed by atoms with E-state index in [4.69, 9.17) is 21.1 Å². The lowest BCUT2D eigenvalue weighted by molar-refractivity contribution is -0.274. The van der Waals surface area contributed by atoms with Crippen molar-refractivity contribution in [3.05, 3.63) is 95.8 Å². The van der Waals surface area contributed by atoms with Gasteiger partial charge in [0.1, 0.15) is 17.6 Å². The van der Waals surface area contributed by atoms with Crippen LogP contribution in [0.4, 0.5) is 17.6 Å². The molecule has 3 aromatic carbocycles. The summed E-state index contributed by atoms with van der Waals surface area (Å²) in [5.41, 5.74) is 0.122. The minimum atomic E-state index is -4.81. The van der Waals surface area contributed by atoms with E-state index >= 15 is 0 Å². The fraction of sp³-hybridized carbons (Fsp3) is 0.241. The topological polar surface area (TPSA) is 68.5 Å². The van der Waals surface area contributed by atoms with Crippen LogP contribution in [0.3, 0.4) is 0 Å². The molecule has 0 amide bonds. The number of esters is 1. The Balaban J connectivity index is 1.45. The molecule has 1 saturated carbocycles. The number of carbonyl (C=O) groups is 1. The zero-order valence-electron chi connectivity index (χ0n) is 20.7. The number of rotatable bonds is 8. The lowest BCUT2D eigenvalue weighted by Crippen LogP contribution is -2.16. The van der Waals surface area contributed by atoms with E-state index in [0.717, 1.165) is 18.2 Å². The number of para-hydroxylation sites is 1. The smallest absolute Gasteiger partial charge is 0.454 e. The van der Waals surface area contributed by atoms with Crippen LogP contribution in [-0.2, 0) is 9.53 Å². The number of nitrogens with zero attached hydrogens (tertiary/aromatic N) is 1. The van der Waals surface area contributed by atoms with Gasteiger partial charge < -0.3 is 14.2 Å². The van der Waals surface area contributed by atoms with Crippen molar-refractivity contribution in [2.75, 3.05) is 0 Å². The summed E-state index contributed by atoms with van der Waals surface area (Å²) in [6, 6.07) is 19.2.